The fourth-order valence-electron chi connectivity index (χ4n) is 3.08. The molecule has 1 aromatic heterocycles. The lowest BCUT2D eigenvalue weighted by Gasteiger charge is -2.04. The quantitative estimate of drug-likeness (QED) is 0.562. The summed E-state index contributed by atoms with van der Waals surface area (Å²) >= 11 is 3.49. The van der Waals surface area contributed by atoms with Crippen LogP contribution in [0.2, 0.25) is 0 Å². The number of benzene rings is 2. The third kappa shape index (κ3) is 3.94. The number of aliphatic imine (C=N–C) groups is 1. The van der Waals surface area contributed by atoms with Crippen molar-refractivity contribution in [3.63, 3.8) is 0 Å². The first-order chi connectivity index (χ1) is 12.8. The fourth-order valence-corrected chi connectivity index (χ4v) is 3.35. The number of aromatic nitrogens is 2. The van der Waals surface area contributed by atoms with Crippen molar-refractivity contribution < 1.29 is 4.74 Å². The summed E-state index contributed by atoms with van der Waals surface area (Å²) in [6, 6.07) is 18.3. The molecule has 4 nitrogen and oxygen atoms in total. The Bertz CT molecular complexity index is 881. The smallest absolute Gasteiger partial charge is 0.101 e. The first-order valence-corrected chi connectivity index (χ1v) is 9.61. The van der Waals surface area contributed by atoms with E-state index in [1.165, 1.54) is 0 Å². The Morgan fingerprint density at radius 1 is 1.15 bits per heavy atom. The monoisotopic (exact) mass is 409 g/mol. The Kier molecular flexibility index (Phi) is 5.27. The van der Waals surface area contributed by atoms with E-state index in [0.717, 1.165) is 46.4 Å². The van der Waals surface area contributed by atoms with Crippen LogP contribution in [-0.2, 0) is 4.74 Å². The number of halogens is 1. The molecule has 0 saturated carbocycles. The maximum Gasteiger partial charge on any atom is 0.101 e. The Hall–Kier alpha value is -2.24. The van der Waals surface area contributed by atoms with Crippen LogP contribution in [0, 0.1) is 0 Å². The first kappa shape index (κ1) is 17.2. The topological polar surface area (TPSA) is 39.4 Å². The van der Waals surface area contributed by atoms with E-state index >= 15 is 0 Å². The molecular weight excluding hydrogens is 390 g/mol. The molecule has 1 fully saturated rings. The fraction of sp³-hybridized carbons (Fsp3) is 0.238. The van der Waals surface area contributed by atoms with Crippen LogP contribution in [0.25, 0.3) is 16.9 Å². The molecule has 1 saturated heterocycles. The Morgan fingerprint density at radius 3 is 2.69 bits per heavy atom. The molecule has 0 radical (unpaired) electrons. The average Bonchev–Trinajstić information content (AvgIpc) is 3.33. The average molecular weight is 410 g/mol. The van der Waals surface area contributed by atoms with Crippen molar-refractivity contribution in [1.82, 2.24) is 9.78 Å². The van der Waals surface area contributed by atoms with Crippen molar-refractivity contribution >= 4 is 22.1 Å². The lowest BCUT2D eigenvalue weighted by Crippen LogP contribution is -2.08. The van der Waals surface area contributed by atoms with Gasteiger partial charge in [0.1, 0.15) is 5.69 Å². The zero-order valence-corrected chi connectivity index (χ0v) is 16.0. The van der Waals surface area contributed by atoms with Crippen LogP contribution in [0.5, 0.6) is 0 Å². The molecule has 0 amide bonds. The maximum absolute atomic E-state index is 5.65. The summed E-state index contributed by atoms with van der Waals surface area (Å²) in [4.78, 5) is 4.62. The summed E-state index contributed by atoms with van der Waals surface area (Å²) < 4.78 is 8.61. The van der Waals surface area contributed by atoms with Gasteiger partial charge in [0, 0.05) is 34.6 Å². The third-order valence-electron chi connectivity index (χ3n) is 4.44. The minimum atomic E-state index is 0.256. The predicted molar refractivity (Wildman–Crippen MR) is 108 cm³/mol. The molecule has 5 heteroatoms. The van der Waals surface area contributed by atoms with Crippen LogP contribution in [0.3, 0.4) is 0 Å². The predicted octanol–water partition coefficient (Wildman–Crippen LogP) is 4.90. The number of hydrogen-bond donors (Lipinski definition) is 0. The van der Waals surface area contributed by atoms with Crippen molar-refractivity contribution in [2.75, 3.05) is 13.2 Å². The van der Waals surface area contributed by atoms with Gasteiger partial charge in [0.25, 0.3) is 0 Å². The van der Waals surface area contributed by atoms with Gasteiger partial charge in [-0.3, -0.25) is 4.99 Å². The number of para-hydroxylation sites is 1. The molecule has 0 bridgehead atoms. The molecule has 1 aliphatic heterocycles. The first-order valence-electron chi connectivity index (χ1n) is 8.82. The normalized spacial score (nSPS) is 17.2. The van der Waals surface area contributed by atoms with Gasteiger partial charge in [0.2, 0.25) is 0 Å². The van der Waals surface area contributed by atoms with E-state index in [4.69, 9.17) is 9.84 Å². The van der Waals surface area contributed by atoms with Gasteiger partial charge in [-0.1, -0.05) is 46.3 Å². The van der Waals surface area contributed by atoms with Crippen LogP contribution < -0.4 is 0 Å². The molecular formula is C21H20BrN3O. The van der Waals surface area contributed by atoms with E-state index in [1.807, 2.05) is 59.6 Å². The zero-order valence-electron chi connectivity index (χ0n) is 14.4. The molecule has 1 aliphatic rings. The molecule has 2 heterocycles. The Labute approximate surface area is 161 Å². The van der Waals surface area contributed by atoms with Crippen LogP contribution >= 0.6 is 15.9 Å². The second-order valence-corrected chi connectivity index (χ2v) is 7.27. The number of nitrogens with zero attached hydrogens (tertiary/aromatic N) is 3. The van der Waals surface area contributed by atoms with Gasteiger partial charge in [-0.15, -0.1) is 0 Å². The van der Waals surface area contributed by atoms with E-state index in [9.17, 15) is 0 Å². The molecule has 1 atom stereocenters. The van der Waals surface area contributed by atoms with Crippen molar-refractivity contribution in [2.24, 2.45) is 4.99 Å². The highest BCUT2D eigenvalue weighted by atomic mass is 79.9. The van der Waals surface area contributed by atoms with Crippen LogP contribution in [0.1, 0.15) is 18.4 Å². The molecule has 0 aliphatic carbocycles. The van der Waals surface area contributed by atoms with E-state index in [2.05, 4.69) is 33.1 Å². The van der Waals surface area contributed by atoms with E-state index in [0.29, 0.717) is 6.54 Å². The lowest BCUT2D eigenvalue weighted by molar-refractivity contribution is 0.118. The molecule has 2 aromatic carbocycles. The van der Waals surface area contributed by atoms with Crippen molar-refractivity contribution in [1.29, 1.82) is 0 Å². The highest BCUT2D eigenvalue weighted by Gasteiger charge is 2.15. The number of rotatable bonds is 5. The summed E-state index contributed by atoms with van der Waals surface area (Å²) in [5.41, 5.74) is 4.04. The Balaban J connectivity index is 1.66. The summed E-state index contributed by atoms with van der Waals surface area (Å²) in [5, 5.41) is 4.81. The standard InChI is InChI=1S/C21H20BrN3O/c22-18-10-8-16(9-11-18)21-17(13-23-14-20-7-4-12-26-20)15-25(24-21)19-5-2-1-3-6-19/h1-3,5-6,8-11,13,15,20H,4,7,12,14H2/t20-/m0/s1. The van der Waals surface area contributed by atoms with Crippen LogP contribution in [-0.4, -0.2) is 35.3 Å². The van der Waals surface area contributed by atoms with E-state index < -0.39 is 0 Å². The van der Waals surface area contributed by atoms with Gasteiger partial charge in [0.15, 0.2) is 0 Å². The molecule has 0 spiro atoms. The van der Waals surface area contributed by atoms with E-state index in [1.54, 1.807) is 0 Å². The zero-order chi connectivity index (χ0) is 17.8. The summed E-state index contributed by atoms with van der Waals surface area (Å²) in [6.07, 6.45) is 6.44. The molecule has 26 heavy (non-hydrogen) atoms. The van der Waals surface area contributed by atoms with Crippen molar-refractivity contribution in [3.8, 4) is 16.9 Å². The van der Waals surface area contributed by atoms with Gasteiger partial charge in [-0.05, 0) is 37.1 Å². The molecule has 4 rings (SSSR count). The van der Waals surface area contributed by atoms with Gasteiger partial charge in [-0.25, -0.2) is 4.68 Å². The second kappa shape index (κ2) is 7.98. The van der Waals surface area contributed by atoms with Gasteiger partial charge < -0.3 is 4.74 Å². The van der Waals surface area contributed by atoms with Crippen LogP contribution in [0.4, 0.5) is 0 Å². The summed E-state index contributed by atoms with van der Waals surface area (Å²) in [7, 11) is 0. The maximum atomic E-state index is 5.65. The minimum absolute atomic E-state index is 0.256. The largest absolute Gasteiger partial charge is 0.376 e. The SMILES string of the molecule is Brc1ccc(-c2nn(-c3ccccc3)cc2C=NC[C@@H]2CCCO2)cc1. The van der Waals surface area contributed by atoms with Crippen LogP contribution in [0.15, 0.2) is 70.3 Å². The second-order valence-electron chi connectivity index (χ2n) is 6.35. The highest BCUT2D eigenvalue weighted by Crippen LogP contribution is 2.24. The van der Waals surface area contributed by atoms with E-state index in [-0.39, 0.29) is 6.10 Å². The van der Waals surface area contributed by atoms with Gasteiger partial charge in [-0.2, -0.15) is 5.10 Å². The molecule has 132 valence electrons. The molecule has 3 aromatic rings. The lowest BCUT2D eigenvalue weighted by atomic mass is 10.1. The van der Waals surface area contributed by atoms with Crippen molar-refractivity contribution in [2.45, 2.75) is 18.9 Å². The Morgan fingerprint density at radius 2 is 1.96 bits per heavy atom. The molecule has 0 N–H and O–H groups in total. The highest BCUT2D eigenvalue weighted by molar-refractivity contribution is 9.10. The molecule has 0 unspecified atom stereocenters. The third-order valence-corrected chi connectivity index (χ3v) is 4.97. The van der Waals surface area contributed by atoms with Gasteiger partial charge in [0.05, 0.1) is 18.3 Å². The summed E-state index contributed by atoms with van der Waals surface area (Å²) in [5.74, 6) is 0. The summed E-state index contributed by atoms with van der Waals surface area (Å²) in [6.45, 7) is 1.56. The van der Waals surface area contributed by atoms with Gasteiger partial charge >= 0.3 is 0 Å². The minimum Gasteiger partial charge on any atom is -0.376 e. The van der Waals surface area contributed by atoms with Crippen molar-refractivity contribution in [3.05, 3.63) is 70.8 Å². The number of ether oxygens (including phenoxy) is 1. The number of hydrogen-bond acceptors (Lipinski definition) is 3.